The van der Waals surface area contributed by atoms with Gasteiger partial charge in [0.15, 0.2) is 5.03 Å². The van der Waals surface area contributed by atoms with Crippen molar-refractivity contribution in [3.63, 3.8) is 0 Å². The Bertz CT molecular complexity index is 1300. The summed E-state index contributed by atoms with van der Waals surface area (Å²) in [6.07, 6.45) is 1.64. The number of aryl methyl sites for hydroxylation is 1. The molecule has 0 fully saturated rings. The van der Waals surface area contributed by atoms with Crippen LogP contribution in [-0.4, -0.2) is 31.2 Å². The van der Waals surface area contributed by atoms with Crippen LogP contribution in [0.2, 0.25) is 0 Å². The normalized spacial score (nSPS) is 15.3. The highest BCUT2D eigenvalue weighted by Crippen LogP contribution is 2.30. The maximum absolute atomic E-state index is 12.9. The lowest BCUT2D eigenvalue weighted by Gasteiger charge is -2.14. The summed E-state index contributed by atoms with van der Waals surface area (Å²) in [5, 5.41) is 6.54. The third-order valence-corrected chi connectivity index (χ3v) is 6.87. The summed E-state index contributed by atoms with van der Waals surface area (Å²) >= 11 is 0. The molecular weight excluding hydrogens is 418 g/mol. The number of sulfone groups is 1. The first-order chi connectivity index (χ1) is 14.9. The summed E-state index contributed by atoms with van der Waals surface area (Å²) in [6.45, 7) is -0.376. The molecule has 0 spiro atoms. The molecule has 160 valence electrons. The Morgan fingerprint density at radius 1 is 1.16 bits per heavy atom. The first-order valence-corrected chi connectivity index (χ1v) is 11.2. The van der Waals surface area contributed by atoms with Gasteiger partial charge in [-0.3, -0.25) is 9.59 Å². The number of carbonyl (C=O) groups is 1. The number of nitrogens with one attached hydrogen (secondary N) is 1. The molecule has 0 saturated heterocycles. The van der Waals surface area contributed by atoms with Crippen molar-refractivity contribution in [3.05, 3.63) is 82.1 Å². The number of nitrogens with zero attached hydrogens (tertiary/aromatic N) is 2. The molecule has 0 radical (unpaired) electrons. The van der Waals surface area contributed by atoms with E-state index in [1.165, 1.54) is 24.8 Å². The highest BCUT2D eigenvalue weighted by molar-refractivity contribution is 7.91. The van der Waals surface area contributed by atoms with Gasteiger partial charge in [0.25, 0.3) is 5.56 Å². The van der Waals surface area contributed by atoms with E-state index >= 15 is 0 Å². The zero-order chi connectivity index (χ0) is 22.0. The van der Waals surface area contributed by atoms with E-state index in [1.54, 1.807) is 12.1 Å². The highest BCUT2D eigenvalue weighted by atomic mass is 32.2. The quantitative estimate of drug-likeness (QED) is 0.629. The molecule has 1 aliphatic rings. The first-order valence-electron chi connectivity index (χ1n) is 9.73. The summed E-state index contributed by atoms with van der Waals surface area (Å²) in [7, 11) is -2.56. The largest absolute Gasteiger partial charge is 0.497 e. The van der Waals surface area contributed by atoms with Crippen molar-refractivity contribution < 1.29 is 17.9 Å². The third kappa shape index (κ3) is 4.22. The van der Waals surface area contributed by atoms with Crippen LogP contribution in [-0.2, 0) is 27.6 Å². The fraction of sp³-hybridized carbons (Fsp3) is 0.227. The van der Waals surface area contributed by atoms with Crippen molar-refractivity contribution >= 4 is 15.7 Å². The summed E-state index contributed by atoms with van der Waals surface area (Å²) in [6, 6.07) is 15.9. The van der Waals surface area contributed by atoms with E-state index in [4.69, 9.17) is 4.74 Å². The van der Waals surface area contributed by atoms with Gasteiger partial charge < -0.3 is 10.1 Å². The Balaban J connectivity index is 1.55. The number of methoxy groups -OCH3 is 1. The molecule has 1 aliphatic carbocycles. The molecule has 1 amide bonds. The van der Waals surface area contributed by atoms with Gasteiger partial charge in [0.1, 0.15) is 12.3 Å². The summed E-state index contributed by atoms with van der Waals surface area (Å²) < 4.78 is 31.8. The number of aromatic nitrogens is 2. The lowest BCUT2D eigenvalue weighted by atomic mass is 10.1. The third-order valence-electron chi connectivity index (χ3n) is 5.23. The topological polar surface area (TPSA) is 107 Å². The molecular formula is C22H21N3O5S. The van der Waals surface area contributed by atoms with Gasteiger partial charge in [0.05, 0.1) is 18.0 Å². The number of carbonyl (C=O) groups excluding carboxylic acids is 1. The lowest BCUT2D eigenvalue weighted by Crippen LogP contribution is -2.35. The van der Waals surface area contributed by atoms with Crippen molar-refractivity contribution in [3.8, 4) is 5.75 Å². The molecule has 1 heterocycles. The smallest absolute Gasteiger partial charge is 0.267 e. The van der Waals surface area contributed by atoms with Gasteiger partial charge in [-0.15, -0.1) is 0 Å². The number of rotatable bonds is 6. The van der Waals surface area contributed by atoms with Gasteiger partial charge >= 0.3 is 0 Å². The van der Waals surface area contributed by atoms with E-state index in [0.29, 0.717) is 5.75 Å². The molecule has 1 N–H and O–H groups in total. The van der Waals surface area contributed by atoms with Crippen molar-refractivity contribution in [2.45, 2.75) is 35.3 Å². The monoisotopic (exact) mass is 439 g/mol. The van der Waals surface area contributed by atoms with E-state index in [2.05, 4.69) is 10.4 Å². The highest BCUT2D eigenvalue weighted by Gasteiger charge is 2.25. The first kappa shape index (κ1) is 20.8. The number of hydrogen-bond acceptors (Lipinski definition) is 6. The summed E-state index contributed by atoms with van der Waals surface area (Å²) in [4.78, 5) is 24.8. The standard InChI is InChI=1S/C22H21N3O5S/c1-30-16-6-4-7-17(13-16)31(28,29)21-11-12-22(27)25(24-21)14-20(26)23-19-10-9-15-5-2-3-8-18(15)19/h2-8,11-13,19H,9-10,14H2,1H3,(H,23,26). The summed E-state index contributed by atoms with van der Waals surface area (Å²) in [5.41, 5.74) is 1.69. The van der Waals surface area contributed by atoms with Crippen LogP contribution in [0.25, 0.3) is 0 Å². The van der Waals surface area contributed by atoms with E-state index in [0.717, 1.165) is 35.2 Å². The van der Waals surface area contributed by atoms with Crippen molar-refractivity contribution in [2.75, 3.05) is 7.11 Å². The van der Waals surface area contributed by atoms with Crippen molar-refractivity contribution in [1.82, 2.24) is 15.1 Å². The minimum atomic E-state index is -3.99. The van der Waals surface area contributed by atoms with Gasteiger partial charge in [-0.1, -0.05) is 30.3 Å². The van der Waals surface area contributed by atoms with Crippen LogP contribution in [0, 0.1) is 0 Å². The zero-order valence-electron chi connectivity index (χ0n) is 16.8. The Morgan fingerprint density at radius 3 is 2.77 bits per heavy atom. The fourth-order valence-electron chi connectivity index (χ4n) is 3.66. The molecule has 2 aromatic carbocycles. The number of fused-ring (bicyclic) bond motifs is 1. The predicted octanol–water partition coefficient (Wildman–Crippen LogP) is 1.89. The van der Waals surface area contributed by atoms with E-state index in [-0.39, 0.29) is 22.5 Å². The average Bonchev–Trinajstić information content (AvgIpc) is 3.18. The van der Waals surface area contributed by atoms with Gasteiger partial charge in [0.2, 0.25) is 15.7 Å². The van der Waals surface area contributed by atoms with Gasteiger partial charge in [-0.05, 0) is 48.2 Å². The fourth-order valence-corrected chi connectivity index (χ4v) is 4.88. The number of ether oxygens (including phenoxy) is 1. The molecule has 1 unspecified atom stereocenters. The molecule has 1 atom stereocenters. The van der Waals surface area contributed by atoms with Gasteiger partial charge in [-0.25, -0.2) is 13.1 Å². The Morgan fingerprint density at radius 2 is 1.97 bits per heavy atom. The number of amides is 1. The molecule has 0 bridgehead atoms. The second-order valence-electron chi connectivity index (χ2n) is 7.21. The van der Waals surface area contributed by atoms with Crippen molar-refractivity contribution in [1.29, 1.82) is 0 Å². The van der Waals surface area contributed by atoms with Gasteiger partial charge in [-0.2, -0.15) is 5.10 Å². The molecule has 1 aromatic heterocycles. The van der Waals surface area contributed by atoms with Crippen molar-refractivity contribution in [2.24, 2.45) is 0 Å². The SMILES string of the molecule is COc1cccc(S(=O)(=O)c2ccc(=O)n(CC(=O)NC3CCc4ccccc43)n2)c1. The van der Waals surface area contributed by atoms with Crippen LogP contribution < -0.4 is 15.6 Å². The minimum absolute atomic E-state index is 0.0171. The molecule has 9 heteroatoms. The molecule has 3 aromatic rings. The molecule has 0 saturated carbocycles. The molecule has 4 rings (SSSR count). The van der Waals surface area contributed by atoms with Crippen LogP contribution in [0.1, 0.15) is 23.6 Å². The Kier molecular flexibility index (Phi) is 5.60. The second-order valence-corrected chi connectivity index (χ2v) is 9.10. The maximum atomic E-state index is 12.9. The van der Waals surface area contributed by atoms with Gasteiger partial charge in [0, 0.05) is 6.07 Å². The van der Waals surface area contributed by atoms with Crippen LogP contribution >= 0.6 is 0 Å². The van der Waals surface area contributed by atoms with E-state index in [9.17, 15) is 18.0 Å². The minimum Gasteiger partial charge on any atom is -0.497 e. The van der Waals surface area contributed by atoms with Crippen LogP contribution in [0.3, 0.4) is 0 Å². The summed E-state index contributed by atoms with van der Waals surface area (Å²) in [5.74, 6) is -0.0298. The maximum Gasteiger partial charge on any atom is 0.267 e. The Hall–Kier alpha value is -3.46. The average molecular weight is 439 g/mol. The van der Waals surface area contributed by atoms with Crippen LogP contribution in [0.5, 0.6) is 5.75 Å². The predicted molar refractivity (Wildman–Crippen MR) is 113 cm³/mol. The second kappa shape index (κ2) is 8.35. The Labute approximate surface area is 179 Å². The van der Waals surface area contributed by atoms with Crippen LogP contribution in [0.15, 0.2) is 75.4 Å². The lowest BCUT2D eigenvalue weighted by molar-refractivity contribution is -0.122. The molecule has 8 nitrogen and oxygen atoms in total. The zero-order valence-corrected chi connectivity index (χ0v) is 17.6. The van der Waals surface area contributed by atoms with Crippen LogP contribution in [0.4, 0.5) is 0 Å². The molecule has 0 aliphatic heterocycles. The number of hydrogen-bond donors (Lipinski definition) is 1. The molecule has 31 heavy (non-hydrogen) atoms. The number of benzene rings is 2. The van der Waals surface area contributed by atoms with E-state index < -0.39 is 21.3 Å². The van der Waals surface area contributed by atoms with E-state index in [1.807, 2.05) is 24.3 Å².